The van der Waals surface area contributed by atoms with E-state index in [1.165, 1.54) is 12.8 Å². The second kappa shape index (κ2) is 8.06. The van der Waals surface area contributed by atoms with Crippen molar-refractivity contribution in [1.29, 1.82) is 0 Å². The molecule has 0 aliphatic carbocycles. The maximum Gasteiger partial charge on any atom is 0.221 e. The third-order valence-corrected chi connectivity index (χ3v) is 2.89. The number of piperidine rings is 1. The molecule has 0 aromatic carbocycles. The largest absolute Gasteiger partial charge is 0.356 e. The van der Waals surface area contributed by atoms with Crippen molar-refractivity contribution in [3.63, 3.8) is 0 Å². The van der Waals surface area contributed by atoms with E-state index >= 15 is 0 Å². The fourth-order valence-electron chi connectivity index (χ4n) is 2.00. The number of carbonyl (C=O) groups is 2. The normalized spacial score (nSPS) is 19.7. The van der Waals surface area contributed by atoms with Gasteiger partial charge in [-0.15, -0.1) is 0 Å². The van der Waals surface area contributed by atoms with Gasteiger partial charge < -0.3 is 16.0 Å². The van der Waals surface area contributed by atoms with Crippen LogP contribution < -0.4 is 16.0 Å². The van der Waals surface area contributed by atoms with E-state index in [4.69, 9.17) is 0 Å². The topological polar surface area (TPSA) is 70.2 Å². The lowest BCUT2D eigenvalue weighted by Crippen LogP contribution is -2.39. The van der Waals surface area contributed by atoms with Gasteiger partial charge in [-0.2, -0.15) is 0 Å². The minimum Gasteiger partial charge on any atom is -0.356 e. The van der Waals surface area contributed by atoms with Gasteiger partial charge in [0, 0.05) is 32.0 Å². The van der Waals surface area contributed by atoms with E-state index in [-0.39, 0.29) is 11.8 Å². The first-order valence-electron chi connectivity index (χ1n) is 6.49. The zero-order valence-corrected chi connectivity index (χ0v) is 10.6. The smallest absolute Gasteiger partial charge is 0.221 e. The summed E-state index contributed by atoms with van der Waals surface area (Å²) in [5.74, 6) is 0.0253. The minimum absolute atomic E-state index is 0.0106. The Morgan fingerprint density at radius 1 is 1.24 bits per heavy atom. The Morgan fingerprint density at radius 2 is 2.06 bits per heavy atom. The van der Waals surface area contributed by atoms with E-state index in [1.54, 1.807) is 0 Å². The Balaban J connectivity index is 2.06. The molecule has 1 aliphatic rings. The molecule has 2 amide bonds. The molecular formula is C12H23N3O2. The summed E-state index contributed by atoms with van der Waals surface area (Å²) >= 11 is 0. The molecule has 0 saturated carbocycles. The molecule has 1 heterocycles. The highest BCUT2D eigenvalue weighted by molar-refractivity contribution is 5.79. The second-order valence-electron chi connectivity index (χ2n) is 4.40. The lowest BCUT2D eigenvalue weighted by Gasteiger charge is -2.22. The van der Waals surface area contributed by atoms with Crippen molar-refractivity contribution in [1.82, 2.24) is 16.0 Å². The van der Waals surface area contributed by atoms with Gasteiger partial charge in [-0.1, -0.05) is 6.42 Å². The number of hydrogen-bond donors (Lipinski definition) is 3. The molecule has 0 radical (unpaired) electrons. The van der Waals surface area contributed by atoms with Gasteiger partial charge in [-0.05, 0) is 26.3 Å². The lowest BCUT2D eigenvalue weighted by molar-refractivity contribution is -0.122. The van der Waals surface area contributed by atoms with Crippen molar-refractivity contribution >= 4 is 11.8 Å². The van der Waals surface area contributed by atoms with Crippen LogP contribution in [-0.2, 0) is 9.59 Å². The average Bonchev–Trinajstić information content (AvgIpc) is 2.30. The maximum atomic E-state index is 11.6. The third kappa shape index (κ3) is 6.26. The second-order valence-corrected chi connectivity index (χ2v) is 4.40. The highest BCUT2D eigenvalue weighted by Gasteiger charge is 2.15. The molecule has 17 heavy (non-hydrogen) atoms. The van der Waals surface area contributed by atoms with Gasteiger partial charge in [0.1, 0.15) is 0 Å². The molecule has 3 N–H and O–H groups in total. The Hall–Kier alpha value is -1.10. The fourth-order valence-corrected chi connectivity index (χ4v) is 2.00. The van der Waals surface area contributed by atoms with Crippen LogP contribution in [0.15, 0.2) is 0 Å². The van der Waals surface area contributed by atoms with Crippen molar-refractivity contribution in [2.75, 3.05) is 19.6 Å². The van der Waals surface area contributed by atoms with Crippen molar-refractivity contribution < 1.29 is 9.59 Å². The van der Waals surface area contributed by atoms with Crippen LogP contribution >= 0.6 is 0 Å². The number of hydrogen-bond acceptors (Lipinski definition) is 3. The molecule has 0 spiro atoms. The maximum absolute atomic E-state index is 11.6. The molecule has 0 aromatic heterocycles. The monoisotopic (exact) mass is 241 g/mol. The average molecular weight is 241 g/mol. The first kappa shape index (κ1) is 14.0. The molecule has 5 nitrogen and oxygen atoms in total. The van der Waals surface area contributed by atoms with E-state index in [1.807, 2.05) is 6.92 Å². The summed E-state index contributed by atoms with van der Waals surface area (Å²) in [7, 11) is 0. The Bertz CT molecular complexity index is 250. The van der Waals surface area contributed by atoms with Crippen molar-refractivity contribution in [3.8, 4) is 0 Å². The van der Waals surface area contributed by atoms with Gasteiger partial charge >= 0.3 is 0 Å². The number of nitrogens with one attached hydrogen (secondary N) is 3. The van der Waals surface area contributed by atoms with E-state index in [0.717, 1.165) is 13.0 Å². The zero-order valence-electron chi connectivity index (χ0n) is 10.6. The predicted molar refractivity (Wildman–Crippen MR) is 66.6 cm³/mol. The summed E-state index contributed by atoms with van der Waals surface area (Å²) in [5.41, 5.74) is 0. The SMILES string of the molecule is CCNC(=O)CCNC(=O)CC1CCCCN1. The third-order valence-electron chi connectivity index (χ3n) is 2.89. The summed E-state index contributed by atoms with van der Waals surface area (Å²) in [4.78, 5) is 22.7. The van der Waals surface area contributed by atoms with E-state index in [0.29, 0.717) is 32.0 Å². The van der Waals surface area contributed by atoms with Gasteiger partial charge in [0.05, 0.1) is 0 Å². The van der Waals surface area contributed by atoms with Gasteiger partial charge in [-0.3, -0.25) is 9.59 Å². The van der Waals surface area contributed by atoms with Crippen molar-refractivity contribution in [3.05, 3.63) is 0 Å². The molecule has 0 aromatic rings. The molecule has 1 fully saturated rings. The summed E-state index contributed by atoms with van der Waals surface area (Å²) in [6.07, 6.45) is 4.36. The van der Waals surface area contributed by atoms with Crippen LogP contribution in [0, 0.1) is 0 Å². The quantitative estimate of drug-likeness (QED) is 0.620. The Morgan fingerprint density at radius 3 is 2.71 bits per heavy atom. The molecule has 5 heteroatoms. The molecular weight excluding hydrogens is 218 g/mol. The summed E-state index contributed by atoms with van der Waals surface area (Å²) < 4.78 is 0. The van der Waals surface area contributed by atoms with Crippen LogP contribution in [-0.4, -0.2) is 37.5 Å². The van der Waals surface area contributed by atoms with Crippen LogP contribution in [0.3, 0.4) is 0 Å². The molecule has 1 saturated heterocycles. The molecule has 1 unspecified atom stereocenters. The van der Waals surface area contributed by atoms with Crippen molar-refractivity contribution in [2.45, 2.75) is 45.1 Å². The number of amides is 2. The minimum atomic E-state index is -0.0106. The number of rotatable bonds is 6. The molecule has 1 atom stereocenters. The first-order chi connectivity index (χ1) is 8.22. The highest BCUT2D eigenvalue weighted by atomic mass is 16.2. The van der Waals surface area contributed by atoms with Gasteiger partial charge in [-0.25, -0.2) is 0 Å². The van der Waals surface area contributed by atoms with E-state index in [9.17, 15) is 9.59 Å². The molecule has 98 valence electrons. The standard InChI is InChI=1S/C12H23N3O2/c1-2-13-11(16)6-8-15-12(17)9-10-5-3-4-7-14-10/h10,14H,2-9H2,1H3,(H,13,16)(H,15,17). The molecule has 1 aliphatic heterocycles. The summed E-state index contributed by atoms with van der Waals surface area (Å²) in [6.45, 7) is 3.96. The lowest BCUT2D eigenvalue weighted by atomic mass is 10.0. The van der Waals surface area contributed by atoms with Crippen LogP contribution in [0.25, 0.3) is 0 Å². The highest BCUT2D eigenvalue weighted by Crippen LogP contribution is 2.09. The van der Waals surface area contributed by atoms with Crippen LogP contribution in [0.4, 0.5) is 0 Å². The van der Waals surface area contributed by atoms with Crippen LogP contribution in [0.5, 0.6) is 0 Å². The zero-order chi connectivity index (χ0) is 12.5. The molecule has 1 rings (SSSR count). The van der Waals surface area contributed by atoms with Crippen LogP contribution in [0.2, 0.25) is 0 Å². The Labute approximate surface area is 103 Å². The first-order valence-corrected chi connectivity index (χ1v) is 6.49. The van der Waals surface area contributed by atoms with Gasteiger partial charge in [0.2, 0.25) is 11.8 Å². The van der Waals surface area contributed by atoms with Crippen molar-refractivity contribution in [2.24, 2.45) is 0 Å². The molecule has 0 bridgehead atoms. The van der Waals surface area contributed by atoms with Gasteiger partial charge in [0.25, 0.3) is 0 Å². The van der Waals surface area contributed by atoms with Crippen LogP contribution in [0.1, 0.15) is 39.0 Å². The van der Waals surface area contributed by atoms with E-state index < -0.39 is 0 Å². The summed E-state index contributed by atoms with van der Waals surface area (Å²) in [5, 5.41) is 8.81. The number of carbonyl (C=O) groups excluding carboxylic acids is 2. The predicted octanol–water partition coefficient (Wildman–Crippen LogP) is 0.161. The summed E-state index contributed by atoms with van der Waals surface area (Å²) in [6, 6.07) is 0.313. The fraction of sp³-hybridized carbons (Fsp3) is 0.833. The van der Waals surface area contributed by atoms with Gasteiger partial charge in [0.15, 0.2) is 0 Å². The Kier molecular flexibility index (Phi) is 6.62. The van der Waals surface area contributed by atoms with E-state index in [2.05, 4.69) is 16.0 Å².